The summed E-state index contributed by atoms with van der Waals surface area (Å²) in [5, 5.41) is 4.53. The Labute approximate surface area is 383 Å². The first-order valence-electron chi connectivity index (χ1n) is 22.4. The Morgan fingerprint density at radius 1 is 0.364 bits per heavy atom. The average Bonchev–Trinajstić information content (AvgIpc) is 3.70. The Kier molecular flexibility index (Phi) is 9.65. The molecule has 0 aliphatic heterocycles. The minimum Gasteiger partial charge on any atom is -0.310 e. The summed E-state index contributed by atoms with van der Waals surface area (Å²) in [6.07, 6.45) is 3.79. The number of hydrogen-bond donors (Lipinski definition) is 0. The van der Waals surface area contributed by atoms with Gasteiger partial charge in [-0.3, -0.25) is 9.97 Å². The van der Waals surface area contributed by atoms with Gasteiger partial charge in [-0.2, -0.15) is 0 Å². The predicted molar refractivity (Wildman–Crippen MR) is 276 cm³/mol. The van der Waals surface area contributed by atoms with E-state index >= 15 is 0 Å². The lowest BCUT2D eigenvalue weighted by atomic mass is 9.97. The van der Waals surface area contributed by atoms with Gasteiger partial charge in [-0.1, -0.05) is 121 Å². The zero-order valence-electron chi connectivity index (χ0n) is 36.3. The second-order valence-electron chi connectivity index (χ2n) is 16.8. The molecule has 66 heavy (non-hydrogen) atoms. The van der Waals surface area contributed by atoms with Crippen molar-refractivity contribution in [3.05, 3.63) is 248 Å². The molecule has 0 atom stereocenters. The Morgan fingerprint density at radius 2 is 0.864 bits per heavy atom. The van der Waals surface area contributed by atoms with Crippen LogP contribution in [-0.4, -0.2) is 14.5 Å². The normalized spacial score (nSPS) is 11.4. The molecule has 0 aliphatic carbocycles. The van der Waals surface area contributed by atoms with Crippen molar-refractivity contribution in [3.63, 3.8) is 0 Å². The van der Waals surface area contributed by atoms with Gasteiger partial charge >= 0.3 is 0 Å². The molecule has 5 heteroatoms. The van der Waals surface area contributed by atoms with Crippen LogP contribution in [0.15, 0.2) is 243 Å². The van der Waals surface area contributed by atoms with Crippen molar-refractivity contribution in [2.24, 2.45) is 0 Å². The third-order valence-corrected chi connectivity index (χ3v) is 12.7. The number of hydrogen-bond acceptors (Lipinski definition) is 4. The molecule has 312 valence electrons. The number of fused-ring (bicyclic) bond motifs is 6. The second-order valence-corrected chi connectivity index (χ2v) is 16.8. The molecule has 0 amide bonds. The number of anilines is 6. The van der Waals surface area contributed by atoms with Crippen molar-refractivity contribution in [1.82, 2.24) is 14.5 Å². The van der Waals surface area contributed by atoms with Gasteiger partial charge in [0.2, 0.25) is 0 Å². The van der Waals surface area contributed by atoms with Gasteiger partial charge in [-0.05, 0) is 138 Å². The number of rotatable bonds is 9. The molecule has 0 spiro atoms. The van der Waals surface area contributed by atoms with Crippen LogP contribution in [-0.2, 0) is 0 Å². The lowest BCUT2D eigenvalue weighted by Crippen LogP contribution is -2.09. The smallest absolute Gasteiger partial charge is 0.0964 e. The van der Waals surface area contributed by atoms with E-state index in [-0.39, 0.29) is 0 Å². The van der Waals surface area contributed by atoms with Gasteiger partial charge < -0.3 is 14.4 Å². The van der Waals surface area contributed by atoms with E-state index < -0.39 is 0 Å². The molecule has 5 nitrogen and oxygen atoms in total. The highest BCUT2D eigenvalue weighted by Gasteiger charge is 2.20. The summed E-state index contributed by atoms with van der Waals surface area (Å²) in [6, 6.07) is 82.6. The quantitative estimate of drug-likeness (QED) is 0.136. The summed E-state index contributed by atoms with van der Waals surface area (Å²) >= 11 is 0. The molecule has 12 rings (SSSR count). The number of benzene rings is 9. The van der Waals surface area contributed by atoms with Gasteiger partial charge in [0.25, 0.3) is 0 Å². The predicted octanol–water partition coefficient (Wildman–Crippen LogP) is 16.5. The first-order chi connectivity index (χ1) is 32.6. The van der Waals surface area contributed by atoms with Gasteiger partial charge in [0.15, 0.2) is 0 Å². The third-order valence-electron chi connectivity index (χ3n) is 12.7. The van der Waals surface area contributed by atoms with E-state index in [9.17, 15) is 0 Å². The molecule has 0 bridgehead atoms. The fourth-order valence-corrected chi connectivity index (χ4v) is 9.61. The summed E-state index contributed by atoms with van der Waals surface area (Å²) in [4.78, 5) is 14.2. The van der Waals surface area contributed by atoms with E-state index in [1.165, 1.54) is 27.5 Å². The van der Waals surface area contributed by atoms with Crippen LogP contribution in [0, 0.1) is 6.92 Å². The number of aryl methyl sites for hydroxylation is 1. The van der Waals surface area contributed by atoms with Gasteiger partial charge in [-0.25, -0.2) is 0 Å². The van der Waals surface area contributed by atoms with Crippen LogP contribution in [0.2, 0.25) is 0 Å². The Bertz CT molecular complexity index is 3480. The van der Waals surface area contributed by atoms with E-state index in [0.717, 1.165) is 83.8 Å². The van der Waals surface area contributed by atoms with Crippen molar-refractivity contribution in [2.75, 3.05) is 9.80 Å². The number of aromatic nitrogens is 3. The Balaban J connectivity index is 0.973. The fourth-order valence-electron chi connectivity index (χ4n) is 9.61. The highest BCUT2D eigenvalue weighted by atomic mass is 15.1. The van der Waals surface area contributed by atoms with E-state index in [1.807, 2.05) is 18.5 Å². The summed E-state index contributed by atoms with van der Waals surface area (Å²) in [5.74, 6) is 0. The van der Waals surface area contributed by atoms with Crippen LogP contribution < -0.4 is 9.80 Å². The SMILES string of the molecule is Cc1cc(-n2c3ccc(N(c4ccccc4)c4ccccc4)cc3c3cc(N(c4ccccc4)c4ccccc4)ccc32)ccc1-c1ccc(-c2cnc3c(ccc4cccnc43)c2)cc1. The van der Waals surface area contributed by atoms with E-state index in [0.29, 0.717) is 0 Å². The zero-order valence-corrected chi connectivity index (χ0v) is 36.3. The zero-order chi connectivity index (χ0) is 44.0. The molecule has 12 aromatic rings. The van der Waals surface area contributed by atoms with Gasteiger partial charge in [0, 0.05) is 79.3 Å². The monoisotopic (exact) mass is 845 g/mol. The minimum atomic E-state index is 0.927. The number of nitrogens with zero attached hydrogens (tertiary/aromatic N) is 5. The molecule has 9 aromatic carbocycles. The van der Waals surface area contributed by atoms with Crippen LogP contribution in [0.4, 0.5) is 34.1 Å². The van der Waals surface area contributed by atoms with Crippen LogP contribution in [0.5, 0.6) is 0 Å². The standard InChI is InChI=1S/C61H43N5/c1-42-37-52(30-33-55(42)44-26-24-43(25-27-44)47-38-46-29-28-45-15-14-36-62-60(45)61(46)63-41-47)66-58-34-31-53(64(48-16-6-2-7-17-48)49-18-8-3-9-19-49)39-56(58)57-40-54(32-35-59(57)66)65(50-20-10-4-11-21-50)51-22-12-5-13-23-51/h2-41H,1H3. The van der Waals surface area contributed by atoms with Crippen LogP contribution >= 0.6 is 0 Å². The molecule has 0 unspecified atom stereocenters. The van der Waals surface area contributed by atoms with Crippen LogP contribution in [0.25, 0.3) is 71.6 Å². The van der Waals surface area contributed by atoms with E-state index in [1.54, 1.807) is 0 Å². The first kappa shape index (κ1) is 38.8. The van der Waals surface area contributed by atoms with E-state index in [4.69, 9.17) is 4.98 Å². The molecule has 3 aromatic heterocycles. The number of pyridine rings is 2. The third kappa shape index (κ3) is 6.91. The summed E-state index contributed by atoms with van der Waals surface area (Å²) in [6.45, 7) is 2.22. The van der Waals surface area contributed by atoms with Crippen LogP contribution in [0.3, 0.4) is 0 Å². The molecular weight excluding hydrogens is 803 g/mol. The highest BCUT2D eigenvalue weighted by Crippen LogP contribution is 2.43. The highest BCUT2D eigenvalue weighted by molar-refractivity contribution is 6.12. The van der Waals surface area contributed by atoms with Crippen molar-refractivity contribution in [1.29, 1.82) is 0 Å². The lowest BCUT2D eigenvalue weighted by molar-refractivity contribution is 1.17. The number of para-hydroxylation sites is 4. The van der Waals surface area contributed by atoms with E-state index in [2.05, 4.69) is 251 Å². The molecule has 0 N–H and O–H groups in total. The Hall–Kier alpha value is -8.80. The maximum atomic E-state index is 4.87. The summed E-state index contributed by atoms with van der Waals surface area (Å²) in [7, 11) is 0. The van der Waals surface area contributed by atoms with Gasteiger partial charge in [-0.15, -0.1) is 0 Å². The maximum absolute atomic E-state index is 4.87. The second kappa shape index (κ2) is 16.4. The first-order valence-corrected chi connectivity index (χ1v) is 22.4. The lowest BCUT2D eigenvalue weighted by Gasteiger charge is -2.26. The maximum Gasteiger partial charge on any atom is 0.0964 e. The van der Waals surface area contributed by atoms with Crippen molar-refractivity contribution in [2.45, 2.75) is 6.92 Å². The topological polar surface area (TPSA) is 37.2 Å². The Morgan fingerprint density at radius 3 is 1.39 bits per heavy atom. The largest absolute Gasteiger partial charge is 0.310 e. The summed E-state index contributed by atoms with van der Waals surface area (Å²) in [5.41, 5.74) is 17.6. The van der Waals surface area contributed by atoms with Crippen molar-refractivity contribution < 1.29 is 0 Å². The summed E-state index contributed by atoms with van der Waals surface area (Å²) < 4.78 is 2.42. The molecule has 0 aliphatic rings. The molecule has 0 radical (unpaired) electrons. The molecule has 0 fully saturated rings. The fraction of sp³-hybridized carbons (Fsp3) is 0.0164. The average molecular weight is 846 g/mol. The molecule has 0 saturated heterocycles. The molecule has 3 heterocycles. The van der Waals surface area contributed by atoms with Gasteiger partial charge in [0.1, 0.15) is 0 Å². The minimum absolute atomic E-state index is 0.927. The van der Waals surface area contributed by atoms with Crippen molar-refractivity contribution in [3.8, 4) is 27.9 Å². The van der Waals surface area contributed by atoms with Crippen molar-refractivity contribution >= 4 is 77.7 Å². The molecular formula is C61H43N5. The van der Waals surface area contributed by atoms with Crippen LogP contribution in [0.1, 0.15) is 5.56 Å². The van der Waals surface area contributed by atoms with Gasteiger partial charge in [0.05, 0.1) is 22.1 Å². The molecule has 0 saturated carbocycles.